The van der Waals surface area contributed by atoms with Gasteiger partial charge in [-0.2, -0.15) is 0 Å². The predicted octanol–water partition coefficient (Wildman–Crippen LogP) is 16.8. The van der Waals surface area contributed by atoms with Crippen LogP contribution < -0.4 is 0 Å². The van der Waals surface area contributed by atoms with Crippen molar-refractivity contribution < 1.29 is 28.6 Å². The molecule has 0 aliphatic heterocycles. The van der Waals surface area contributed by atoms with Crippen LogP contribution in [0.4, 0.5) is 0 Å². The molecule has 0 aromatic carbocycles. The van der Waals surface area contributed by atoms with Gasteiger partial charge in [0.05, 0.1) is 0 Å². The van der Waals surface area contributed by atoms with Gasteiger partial charge in [-0.3, -0.25) is 14.4 Å². The Hall–Kier alpha value is -3.41. The summed E-state index contributed by atoms with van der Waals surface area (Å²) in [6, 6.07) is 0. The Balaban J connectivity index is 4.45. The van der Waals surface area contributed by atoms with Crippen LogP contribution in [0, 0.1) is 0 Å². The molecule has 0 saturated carbocycles. The van der Waals surface area contributed by atoms with Crippen molar-refractivity contribution in [3.8, 4) is 0 Å². The molecule has 62 heavy (non-hydrogen) atoms. The third-order valence-corrected chi connectivity index (χ3v) is 10.6. The minimum absolute atomic E-state index is 0.0954. The van der Waals surface area contributed by atoms with E-state index in [-0.39, 0.29) is 31.1 Å². The zero-order valence-electron chi connectivity index (χ0n) is 40.4. The lowest BCUT2D eigenvalue weighted by Crippen LogP contribution is -2.30. The van der Waals surface area contributed by atoms with Crippen LogP contribution in [-0.4, -0.2) is 37.2 Å². The molecule has 0 aliphatic rings. The van der Waals surface area contributed by atoms with Gasteiger partial charge in [-0.1, -0.05) is 183 Å². The van der Waals surface area contributed by atoms with E-state index in [9.17, 15) is 14.4 Å². The van der Waals surface area contributed by atoms with Crippen molar-refractivity contribution in [3.05, 3.63) is 85.1 Å². The number of ether oxygens (including phenoxy) is 3. The molecule has 0 spiro atoms. The monoisotopic (exact) mass is 863 g/mol. The van der Waals surface area contributed by atoms with Crippen molar-refractivity contribution in [1.82, 2.24) is 0 Å². The first-order chi connectivity index (χ1) is 30.5. The molecule has 6 heteroatoms. The molecule has 0 aliphatic carbocycles. The van der Waals surface area contributed by atoms with E-state index in [2.05, 4.69) is 106 Å². The van der Waals surface area contributed by atoms with Crippen molar-refractivity contribution in [3.63, 3.8) is 0 Å². The highest BCUT2D eigenvalue weighted by Gasteiger charge is 2.19. The summed E-state index contributed by atoms with van der Waals surface area (Å²) in [4.78, 5) is 37.9. The summed E-state index contributed by atoms with van der Waals surface area (Å²) >= 11 is 0. The van der Waals surface area contributed by atoms with E-state index < -0.39 is 6.10 Å². The first kappa shape index (κ1) is 58.6. The van der Waals surface area contributed by atoms with Crippen LogP contribution in [0.2, 0.25) is 0 Å². The fraction of sp³-hybridized carbons (Fsp3) is 0.696. The van der Waals surface area contributed by atoms with Crippen LogP contribution >= 0.6 is 0 Å². The minimum Gasteiger partial charge on any atom is -0.462 e. The van der Waals surface area contributed by atoms with Crippen LogP contribution in [0.1, 0.15) is 233 Å². The van der Waals surface area contributed by atoms with E-state index in [0.29, 0.717) is 19.3 Å². The molecule has 0 fully saturated rings. The summed E-state index contributed by atoms with van der Waals surface area (Å²) in [5.41, 5.74) is 0. The summed E-state index contributed by atoms with van der Waals surface area (Å²) < 4.78 is 16.7. The third-order valence-electron chi connectivity index (χ3n) is 10.6. The molecule has 0 aromatic heterocycles. The molecule has 0 N–H and O–H groups in total. The van der Waals surface area contributed by atoms with Gasteiger partial charge in [0.1, 0.15) is 13.2 Å². The highest BCUT2D eigenvalue weighted by atomic mass is 16.6. The zero-order valence-corrected chi connectivity index (χ0v) is 40.4. The Morgan fingerprint density at radius 1 is 0.339 bits per heavy atom. The fourth-order valence-corrected chi connectivity index (χ4v) is 6.75. The van der Waals surface area contributed by atoms with Crippen molar-refractivity contribution in [2.75, 3.05) is 13.2 Å². The highest BCUT2D eigenvalue weighted by molar-refractivity contribution is 5.71. The summed E-state index contributed by atoms with van der Waals surface area (Å²) in [6.45, 7) is 6.43. The quantitative estimate of drug-likeness (QED) is 0.0263. The number of hydrogen-bond acceptors (Lipinski definition) is 6. The van der Waals surface area contributed by atoms with E-state index in [1.807, 2.05) is 0 Å². The molecule has 0 saturated heterocycles. The topological polar surface area (TPSA) is 78.9 Å². The Morgan fingerprint density at radius 3 is 1.05 bits per heavy atom. The van der Waals surface area contributed by atoms with Gasteiger partial charge < -0.3 is 14.2 Å². The third kappa shape index (κ3) is 47.6. The minimum atomic E-state index is -0.797. The van der Waals surface area contributed by atoms with E-state index in [1.165, 1.54) is 77.0 Å². The fourth-order valence-electron chi connectivity index (χ4n) is 6.75. The molecule has 354 valence electrons. The number of allylic oxidation sites excluding steroid dienone is 14. The normalized spacial score (nSPS) is 12.8. The molecule has 0 bridgehead atoms. The van der Waals surface area contributed by atoms with Crippen molar-refractivity contribution in [2.24, 2.45) is 0 Å². The van der Waals surface area contributed by atoms with E-state index in [0.717, 1.165) is 116 Å². The summed E-state index contributed by atoms with van der Waals surface area (Å²) in [6.07, 6.45) is 64.2. The molecule has 0 amide bonds. The first-order valence-electron chi connectivity index (χ1n) is 25.6. The van der Waals surface area contributed by atoms with Crippen LogP contribution in [0.5, 0.6) is 0 Å². The molecular formula is C56H94O6. The number of rotatable bonds is 45. The average molecular weight is 863 g/mol. The van der Waals surface area contributed by atoms with Gasteiger partial charge >= 0.3 is 17.9 Å². The molecule has 0 rings (SSSR count). The summed E-state index contributed by atoms with van der Waals surface area (Å²) in [5, 5.41) is 0. The molecule has 1 unspecified atom stereocenters. The van der Waals surface area contributed by atoms with Crippen LogP contribution in [0.15, 0.2) is 85.1 Å². The predicted molar refractivity (Wildman–Crippen MR) is 265 cm³/mol. The van der Waals surface area contributed by atoms with Gasteiger partial charge in [0, 0.05) is 19.3 Å². The van der Waals surface area contributed by atoms with Gasteiger partial charge in [-0.15, -0.1) is 0 Å². The van der Waals surface area contributed by atoms with Crippen molar-refractivity contribution in [2.45, 2.75) is 239 Å². The lowest BCUT2D eigenvalue weighted by molar-refractivity contribution is -0.167. The Kier molecular flexibility index (Phi) is 47.5. The molecule has 6 nitrogen and oxygen atoms in total. The number of carbonyl (C=O) groups excluding carboxylic acids is 3. The zero-order chi connectivity index (χ0) is 45.1. The Morgan fingerprint density at radius 2 is 0.629 bits per heavy atom. The molecule has 0 heterocycles. The Labute approximate surface area is 382 Å². The standard InChI is InChI=1S/C56H94O6/c1-4-7-10-13-16-19-22-25-26-27-28-29-30-32-34-37-40-43-46-49-55(58)61-52-53(51-60-54(57)48-45-42-39-36-33-24-21-18-15-12-9-6-3)62-56(59)50-47-44-41-38-35-31-23-20-17-14-11-8-5-2/h7,10,16,18-21,23,25-26,28-29,32,34,53H,4-6,8-9,11-15,17,22,24,27,30-31,33,35-52H2,1-3H3/b10-7-,19-16-,21-18-,23-20-,26-25-,29-28-,34-32-. The van der Waals surface area contributed by atoms with Crippen LogP contribution in [-0.2, 0) is 28.6 Å². The first-order valence-corrected chi connectivity index (χ1v) is 25.6. The van der Waals surface area contributed by atoms with Crippen LogP contribution in [0.25, 0.3) is 0 Å². The maximum atomic E-state index is 12.8. The van der Waals surface area contributed by atoms with Gasteiger partial charge in [0.15, 0.2) is 6.10 Å². The molecule has 0 radical (unpaired) electrons. The van der Waals surface area contributed by atoms with E-state index in [1.54, 1.807) is 0 Å². The Bertz CT molecular complexity index is 1220. The molecular weight excluding hydrogens is 769 g/mol. The molecule has 1 atom stereocenters. The lowest BCUT2D eigenvalue weighted by atomic mass is 10.1. The number of unbranched alkanes of at least 4 members (excludes halogenated alkanes) is 20. The summed E-state index contributed by atoms with van der Waals surface area (Å²) in [7, 11) is 0. The molecule has 0 aromatic rings. The number of carbonyl (C=O) groups is 3. The average Bonchev–Trinajstić information content (AvgIpc) is 3.27. The number of hydrogen-bond donors (Lipinski definition) is 0. The summed E-state index contributed by atoms with van der Waals surface area (Å²) in [5.74, 6) is -0.948. The van der Waals surface area contributed by atoms with Crippen LogP contribution in [0.3, 0.4) is 0 Å². The largest absolute Gasteiger partial charge is 0.462 e. The maximum absolute atomic E-state index is 12.8. The van der Waals surface area contributed by atoms with Crippen molar-refractivity contribution >= 4 is 17.9 Å². The highest BCUT2D eigenvalue weighted by Crippen LogP contribution is 2.13. The van der Waals surface area contributed by atoms with E-state index >= 15 is 0 Å². The van der Waals surface area contributed by atoms with Crippen molar-refractivity contribution in [1.29, 1.82) is 0 Å². The van der Waals surface area contributed by atoms with Gasteiger partial charge in [0.25, 0.3) is 0 Å². The SMILES string of the molecule is CC/C=C\C/C=C\C/C=C\C/C=C\C/C=C\CCCCCC(=O)OCC(COC(=O)CCCCCCC/C=C\CCCCC)OC(=O)CCCCCCC/C=C\CCCCCC. The second-order valence-corrected chi connectivity index (χ2v) is 16.7. The second kappa shape index (κ2) is 50.2. The van der Waals surface area contributed by atoms with Gasteiger partial charge in [-0.05, 0) is 116 Å². The smallest absolute Gasteiger partial charge is 0.306 e. The van der Waals surface area contributed by atoms with Gasteiger partial charge in [-0.25, -0.2) is 0 Å². The van der Waals surface area contributed by atoms with E-state index in [4.69, 9.17) is 14.2 Å². The second-order valence-electron chi connectivity index (χ2n) is 16.7. The van der Waals surface area contributed by atoms with Gasteiger partial charge in [0.2, 0.25) is 0 Å². The lowest BCUT2D eigenvalue weighted by Gasteiger charge is -2.18. The number of esters is 3. The maximum Gasteiger partial charge on any atom is 0.306 e.